The van der Waals surface area contributed by atoms with Gasteiger partial charge in [-0.3, -0.25) is 9.36 Å². The molecule has 0 spiro atoms. The molecule has 0 aliphatic carbocycles. The van der Waals surface area contributed by atoms with Crippen LogP contribution in [-0.4, -0.2) is 30.9 Å². The maximum Gasteiger partial charge on any atom is 0.387 e. The Morgan fingerprint density at radius 1 is 1.22 bits per heavy atom. The van der Waals surface area contributed by atoms with Gasteiger partial charge in [0.1, 0.15) is 0 Å². The molecule has 0 N–H and O–H groups in total. The zero-order chi connectivity index (χ0) is 26.0. The number of methoxy groups -OCH3 is 1. The van der Waals surface area contributed by atoms with E-state index in [9.17, 15) is 18.4 Å². The Kier molecular flexibility index (Phi) is 7.70. The molecule has 0 saturated heterocycles. The zero-order valence-corrected chi connectivity index (χ0v) is 21.9. The minimum Gasteiger partial charge on any atom is -0.493 e. The predicted octanol–water partition coefficient (Wildman–Crippen LogP) is 4.17. The lowest BCUT2D eigenvalue weighted by atomic mass is 9.96. The fourth-order valence-corrected chi connectivity index (χ4v) is 5.18. The summed E-state index contributed by atoms with van der Waals surface area (Å²) >= 11 is 4.57. The number of benzene rings is 2. The minimum absolute atomic E-state index is 0.102. The zero-order valence-electron chi connectivity index (χ0n) is 19.5. The molecule has 0 amide bonds. The average molecular weight is 579 g/mol. The molecule has 2 aromatic carbocycles. The Hall–Kier alpha value is -3.31. The van der Waals surface area contributed by atoms with Crippen LogP contribution in [-0.2, 0) is 9.53 Å². The molecule has 188 valence electrons. The molecule has 36 heavy (non-hydrogen) atoms. The third-order valence-corrected chi connectivity index (χ3v) is 6.92. The highest BCUT2D eigenvalue weighted by Gasteiger charge is 2.33. The third-order valence-electron chi connectivity index (χ3n) is 5.40. The number of hydrogen-bond acceptors (Lipinski definition) is 7. The van der Waals surface area contributed by atoms with E-state index in [1.54, 1.807) is 26.0 Å². The lowest BCUT2D eigenvalue weighted by molar-refractivity contribution is -0.139. The van der Waals surface area contributed by atoms with E-state index in [1.807, 2.05) is 24.3 Å². The molecule has 1 aliphatic rings. The van der Waals surface area contributed by atoms with Crippen LogP contribution >= 0.6 is 27.3 Å². The average Bonchev–Trinajstić information content (AvgIpc) is 3.13. The Bertz CT molecular complexity index is 1510. The van der Waals surface area contributed by atoms with Crippen molar-refractivity contribution in [2.24, 2.45) is 4.99 Å². The maximum atomic E-state index is 13.6. The molecular formula is C25H21BrF2N2O5S. The lowest BCUT2D eigenvalue weighted by Gasteiger charge is -2.24. The van der Waals surface area contributed by atoms with Crippen molar-refractivity contribution in [2.75, 3.05) is 13.7 Å². The van der Waals surface area contributed by atoms with Gasteiger partial charge in [-0.1, -0.05) is 45.5 Å². The quantitative estimate of drug-likeness (QED) is 0.393. The molecule has 2 heterocycles. The maximum absolute atomic E-state index is 13.6. The second kappa shape index (κ2) is 10.8. The van der Waals surface area contributed by atoms with Crippen molar-refractivity contribution in [1.82, 2.24) is 4.57 Å². The number of carbonyl (C=O) groups excluding carboxylic acids is 1. The molecule has 1 aliphatic heterocycles. The van der Waals surface area contributed by atoms with Gasteiger partial charge in [0, 0.05) is 4.47 Å². The van der Waals surface area contributed by atoms with Crippen LogP contribution in [0.4, 0.5) is 8.78 Å². The van der Waals surface area contributed by atoms with Crippen LogP contribution in [0.25, 0.3) is 6.08 Å². The number of esters is 1. The van der Waals surface area contributed by atoms with E-state index in [0.29, 0.717) is 20.6 Å². The molecule has 11 heteroatoms. The molecule has 4 rings (SSSR count). The summed E-state index contributed by atoms with van der Waals surface area (Å²) in [5.41, 5.74) is 1.66. The summed E-state index contributed by atoms with van der Waals surface area (Å²) in [5, 5.41) is 0. The Balaban J connectivity index is 1.88. The first-order valence-electron chi connectivity index (χ1n) is 10.8. The van der Waals surface area contributed by atoms with E-state index in [4.69, 9.17) is 9.47 Å². The number of thiazole rings is 1. The van der Waals surface area contributed by atoms with E-state index in [2.05, 4.69) is 25.7 Å². The summed E-state index contributed by atoms with van der Waals surface area (Å²) in [7, 11) is 1.34. The summed E-state index contributed by atoms with van der Waals surface area (Å²) in [6.07, 6.45) is 1.61. The van der Waals surface area contributed by atoms with Crippen molar-refractivity contribution in [3.05, 3.63) is 89.0 Å². The van der Waals surface area contributed by atoms with Gasteiger partial charge in [0.25, 0.3) is 5.56 Å². The molecule has 0 radical (unpaired) electrons. The second-order valence-corrected chi connectivity index (χ2v) is 9.57. The van der Waals surface area contributed by atoms with Crippen LogP contribution in [0.3, 0.4) is 0 Å². The van der Waals surface area contributed by atoms with Gasteiger partial charge in [0.2, 0.25) is 0 Å². The standard InChI is InChI=1S/C25H21BrF2N2O5S/c1-4-34-23(32)20-13(2)29-25-30(21(20)15-6-8-16(26)9-7-15)22(31)19(36-25)12-14-5-10-17(35-24(27)28)18(11-14)33-3/h5-12,21,24H,4H2,1-3H3/b19-12+/t21-/m0/s1. The van der Waals surface area contributed by atoms with Crippen molar-refractivity contribution >= 4 is 39.3 Å². The Labute approximate surface area is 217 Å². The van der Waals surface area contributed by atoms with Gasteiger partial charge in [-0.05, 0) is 55.3 Å². The highest BCUT2D eigenvalue weighted by Crippen LogP contribution is 2.32. The second-order valence-electron chi connectivity index (χ2n) is 7.64. The van der Waals surface area contributed by atoms with E-state index in [1.165, 1.54) is 23.8 Å². The number of ether oxygens (including phenoxy) is 3. The van der Waals surface area contributed by atoms with Crippen molar-refractivity contribution in [3.63, 3.8) is 0 Å². The van der Waals surface area contributed by atoms with Crippen molar-refractivity contribution in [1.29, 1.82) is 0 Å². The van der Waals surface area contributed by atoms with E-state index >= 15 is 0 Å². The molecule has 1 atom stereocenters. The Morgan fingerprint density at radius 3 is 2.58 bits per heavy atom. The van der Waals surface area contributed by atoms with Crippen LogP contribution in [0.15, 0.2) is 68.0 Å². The highest BCUT2D eigenvalue weighted by molar-refractivity contribution is 9.10. The molecule has 0 unspecified atom stereocenters. The van der Waals surface area contributed by atoms with Crippen LogP contribution < -0.4 is 24.4 Å². The number of fused-ring (bicyclic) bond motifs is 1. The van der Waals surface area contributed by atoms with Crippen molar-refractivity contribution < 1.29 is 27.8 Å². The number of allylic oxidation sites excluding steroid dienone is 1. The molecule has 0 bridgehead atoms. The van der Waals surface area contributed by atoms with E-state index < -0.39 is 18.6 Å². The first-order chi connectivity index (χ1) is 17.2. The first-order valence-corrected chi connectivity index (χ1v) is 12.4. The molecule has 0 saturated carbocycles. The summed E-state index contributed by atoms with van der Waals surface area (Å²) in [5.74, 6) is -0.554. The molecule has 0 fully saturated rings. The van der Waals surface area contributed by atoms with Gasteiger partial charge in [-0.2, -0.15) is 8.78 Å². The third kappa shape index (κ3) is 5.12. The number of aromatic nitrogens is 1. The monoisotopic (exact) mass is 578 g/mol. The summed E-state index contributed by atoms with van der Waals surface area (Å²) in [6, 6.07) is 11.0. The topological polar surface area (TPSA) is 79.1 Å². The summed E-state index contributed by atoms with van der Waals surface area (Å²) < 4.78 is 42.9. The van der Waals surface area contributed by atoms with Crippen LogP contribution in [0.2, 0.25) is 0 Å². The smallest absolute Gasteiger partial charge is 0.387 e. The lowest BCUT2D eigenvalue weighted by Crippen LogP contribution is -2.39. The van der Waals surface area contributed by atoms with Crippen molar-refractivity contribution in [3.8, 4) is 11.5 Å². The van der Waals surface area contributed by atoms with Crippen molar-refractivity contribution in [2.45, 2.75) is 26.5 Å². The summed E-state index contributed by atoms with van der Waals surface area (Å²) in [4.78, 5) is 31.5. The SMILES string of the molecule is CCOC(=O)C1=C(C)N=c2s/c(=C/c3ccc(OC(F)F)c(OC)c3)c(=O)n2[C@H]1c1ccc(Br)cc1. The Morgan fingerprint density at radius 2 is 1.94 bits per heavy atom. The van der Waals surface area contributed by atoms with Gasteiger partial charge in [0.05, 0.1) is 35.6 Å². The van der Waals surface area contributed by atoms with E-state index in [-0.39, 0.29) is 29.2 Å². The van der Waals surface area contributed by atoms with Crippen LogP contribution in [0, 0.1) is 0 Å². The van der Waals surface area contributed by atoms with Gasteiger partial charge in [0.15, 0.2) is 16.3 Å². The summed E-state index contributed by atoms with van der Waals surface area (Å²) in [6.45, 7) is 0.606. The highest BCUT2D eigenvalue weighted by atomic mass is 79.9. The van der Waals surface area contributed by atoms with Gasteiger partial charge >= 0.3 is 12.6 Å². The number of halogens is 3. The first kappa shape index (κ1) is 25.8. The number of nitrogens with zero attached hydrogens (tertiary/aromatic N) is 2. The van der Waals surface area contributed by atoms with Crippen LogP contribution in [0.1, 0.15) is 31.0 Å². The fourth-order valence-electron chi connectivity index (χ4n) is 3.87. The molecule has 1 aromatic heterocycles. The van der Waals surface area contributed by atoms with Gasteiger partial charge in [-0.25, -0.2) is 9.79 Å². The van der Waals surface area contributed by atoms with E-state index in [0.717, 1.165) is 21.4 Å². The fraction of sp³-hybridized carbons (Fsp3) is 0.240. The largest absolute Gasteiger partial charge is 0.493 e. The van der Waals surface area contributed by atoms with Gasteiger partial charge in [-0.15, -0.1) is 0 Å². The number of rotatable bonds is 7. The molecule has 7 nitrogen and oxygen atoms in total. The number of hydrogen-bond donors (Lipinski definition) is 0. The predicted molar refractivity (Wildman–Crippen MR) is 134 cm³/mol. The van der Waals surface area contributed by atoms with Crippen LogP contribution in [0.5, 0.6) is 11.5 Å². The molecule has 3 aromatic rings. The molecular weight excluding hydrogens is 558 g/mol. The normalized spacial score (nSPS) is 15.5. The minimum atomic E-state index is -3.00. The number of alkyl halides is 2. The van der Waals surface area contributed by atoms with Gasteiger partial charge < -0.3 is 14.2 Å². The number of carbonyl (C=O) groups is 1.